The Morgan fingerprint density at radius 3 is 1.35 bits per heavy atom. The average Bonchev–Trinajstić information content (AvgIpc) is 3.39. The second-order valence-electron chi connectivity index (χ2n) is 8.63. The van der Waals surface area contributed by atoms with E-state index < -0.39 is 23.4 Å². The van der Waals surface area contributed by atoms with Crippen molar-refractivity contribution >= 4 is 98.5 Å². The molecule has 0 N–H and O–H groups in total. The SMILES string of the molecule is O=C1/C(=C2/C(=O)c3cc(Br)cc(Br)c3N2C(=O)c2ccccn2)N(C(=O)c2ccccn2)c2c(Br)cc(Br)cc21. The number of amides is 2. The van der Waals surface area contributed by atoms with E-state index >= 15 is 0 Å². The van der Waals surface area contributed by atoms with Crippen molar-refractivity contribution in [3.63, 3.8) is 0 Å². The van der Waals surface area contributed by atoms with Crippen LogP contribution in [0.25, 0.3) is 0 Å². The Kier molecular flexibility index (Phi) is 6.89. The third-order valence-corrected chi connectivity index (χ3v) is 8.39. The van der Waals surface area contributed by atoms with Gasteiger partial charge in [-0.25, -0.2) is 0 Å². The minimum Gasteiger partial charge on any atom is -0.287 e. The highest BCUT2D eigenvalue weighted by Gasteiger charge is 2.49. The van der Waals surface area contributed by atoms with E-state index in [4.69, 9.17) is 0 Å². The molecule has 196 valence electrons. The number of Topliss-reactive ketones (excluding diaryl/α,β-unsaturated/α-hetero) is 2. The molecule has 0 atom stereocenters. The van der Waals surface area contributed by atoms with Gasteiger partial charge in [0.2, 0.25) is 11.6 Å². The van der Waals surface area contributed by atoms with Crippen LogP contribution in [-0.4, -0.2) is 33.3 Å². The number of ketones is 2. The fourth-order valence-electron chi connectivity index (χ4n) is 4.66. The van der Waals surface area contributed by atoms with E-state index in [1.54, 1.807) is 48.5 Å². The van der Waals surface area contributed by atoms with Gasteiger partial charge in [-0.15, -0.1) is 0 Å². The van der Waals surface area contributed by atoms with Gasteiger partial charge in [0.05, 0.1) is 22.5 Å². The molecule has 0 saturated carbocycles. The molecule has 40 heavy (non-hydrogen) atoms. The smallest absolute Gasteiger partial charge is 0.281 e. The van der Waals surface area contributed by atoms with Crippen molar-refractivity contribution in [3.05, 3.63) is 125 Å². The van der Waals surface area contributed by atoms with Gasteiger partial charge in [-0.3, -0.25) is 38.9 Å². The number of fused-ring (bicyclic) bond motifs is 2. The normalized spacial score (nSPS) is 15.9. The maximum absolute atomic E-state index is 14.1. The van der Waals surface area contributed by atoms with Crippen molar-refractivity contribution in [2.24, 2.45) is 0 Å². The summed E-state index contributed by atoms with van der Waals surface area (Å²) in [6, 6.07) is 16.1. The van der Waals surface area contributed by atoms with Gasteiger partial charge in [0, 0.05) is 30.3 Å². The summed E-state index contributed by atoms with van der Waals surface area (Å²) in [4.78, 5) is 67.0. The molecule has 0 spiro atoms. The van der Waals surface area contributed by atoms with Crippen molar-refractivity contribution in [1.29, 1.82) is 0 Å². The molecule has 0 aliphatic carbocycles. The number of benzene rings is 2. The van der Waals surface area contributed by atoms with Crippen molar-refractivity contribution in [1.82, 2.24) is 9.97 Å². The highest BCUT2D eigenvalue weighted by atomic mass is 79.9. The van der Waals surface area contributed by atoms with Crippen LogP contribution in [0.2, 0.25) is 0 Å². The summed E-state index contributed by atoms with van der Waals surface area (Å²) in [5.74, 6) is -2.50. The fraction of sp³-hybridized carbons (Fsp3) is 0. The van der Waals surface area contributed by atoms with Gasteiger partial charge in [0.25, 0.3) is 11.8 Å². The topological polar surface area (TPSA) is 101 Å². The lowest BCUT2D eigenvalue weighted by atomic mass is 10.1. The predicted octanol–water partition coefficient (Wildman–Crippen LogP) is 7.12. The summed E-state index contributed by atoms with van der Waals surface area (Å²) >= 11 is 13.8. The molecule has 0 fully saturated rings. The third kappa shape index (κ3) is 4.21. The Labute approximate surface area is 260 Å². The molecule has 0 unspecified atom stereocenters. The number of nitrogens with zero attached hydrogens (tertiary/aromatic N) is 4. The van der Waals surface area contributed by atoms with Gasteiger partial charge < -0.3 is 0 Å². The van der Waals surface area contributed by atoms with Gasteiger partial charge in [0.15, 0.2) is 0 Å². The standard InChI is InChI=1S/C28H12Br4N4O4/c29-13-9-15-21(17(31)11-13)35(27(39)19-5-1-3-7-33-19)23(25(15)37)24-26(38)16-10-14(30)12-18(32)22(16)36(24)28(40)20-6-2-4-8-34-20/h1-12H/b24-23+. The molecule has 2 amide bonds. The number of carbonyl (C=O) groups is 4. The monoisotopic (exact) mass is 784 g/mol. The number of hydrogen-bond donors (Lipinski definition) is 0. The number of allylic oxidation sites excluding steroid dienone is 2. The van der Waals surface area contributed by atoms with Gasteiger partial charge in [-0.1, -0.05) is 44.0 Å². The molecule has 0 radical (unpaired) electrons. The van der Waals surface area contributed by atoms with Crippen molar-refractivity contribution in [3.8, 4) is 0 Å². The van der Waals surface area contributed by atoms with Gasteiger partial charge >= 0.3 is 0 Å². The molecule has 2 aliphatic rings. The second kappa shape index (κ2) is 10.3. The Bertz CT molecular complexity index is 1690. The van der Waals surface area contributed by atoms with Gasteiger partial charge in [-0.2, -0.15) is 0 Å². The van der Waals surface area contributed by atoms with Crippen LogP contribution >= 0.6 is 63.7 Å². The lowest BCUT2D eigenvalue weighted by Gasteiger charge is -2.24. The second-order valence-corrected chi connectivity index (χ2v) is 12.2. The van der Waals surface area contributed by atoms with Crippen LogP contribution in [0.5, 0.6) is 0 Å². The van der Waals surface area contributed by atoms with Crippen molar-refractivity contribution in [2.45, 2.75) is 0 Å². The molecule has 4 aromatic rings. The zero-order valence-electron chi connectivity index (χ0n) is 19.9. The first-order valence-corrected chi connectivity index (χ1v) is 14.7. The zero-order chi connectivity index (χ0) is 28.3. The minimum atomic E-state index is -0.646. The number of rotatable bonds is 2. The molecule has 2 aromatic carbocycles. The number of anilines is 2. The third-order valence-electron chi connectivity index (χ3n) is 6.27. The van der Waals surface area contributed by atoms with E-state index in [0.29, 0.717) is 17.9 Å². The lowest BCUT2D eigenvalue weighted by Crippen LogP contribution is -2.37. The zero-order valence-corrected chi connectivity index (χ0v) is 26.2. The number of carbonyl (C=O) groups excluding carboxylic acids is 4. The first-order chi connectivity index (χ1) is 19.2. The molecule has 6 rings (SSSR count). The van der Waals surface area contributed by atoms with Crippen LogP contribution in [0.1, 0.15) is 41.7 Å². The number of aromatic nitrogens is 2. The molecule has 8 nitrogen and oxygen atoms in total. The van der Waals surface area contributed by atoms with E-state index in [9.17, 15) is 19.2 Å². The first kappa shape index (κ1) is 26.9. The molecular formula is C28H12Br4N4O4. The molecular weight excluding hydrogens is 776 g/mol. The summed E-state index contributed by atoms with van der Waals surface area (Å²) in [5.41, 5.74) is 0.373. The van der Waals surface area contributed by atoms with Crippen LogP contribution in [0.15, 0.2) is 102 Å². The fourth-order valence-corrected chi connectivity index (χ4v) is 7.46. The summed E-state index contributed by atoms with van der Waals surface area (Å²) in [7, 11) is 0. The molecule has 2 aromatic heterocycles. The maximum atomic E-state index is 14.1. The molecule has 0 bridgehead atoms. The number of hydrogen-bond acceptors (Lipinski definition) is 6. The summed E-state index contributed by atoms with van der Waals surface area (Å²) in [6.07, 6.45) is 2.91. The van der Waals surface area contributed by atoms with Gasteiger partial charge in [-0.05, 0) is 80.4 Å². The van der Waals surface area contributed by atoms with Crippen LogP contribution in [0.4, 0.5) is 11.4 Å². The largest absolute Gasteiger partial charge is 0.287 e. The number of pyridine rings is 2. The lowest BCUT2D eigenvalue weighted by molar-refractivity contribution is 0.0950. The van der Waals surface area contributed by atoms with E-state index in [1.807, 2.05) is 0 Å². The predicted molar refractivity (Wildman–Crippen MR) is 161 cm³/mol. The molecule has 12 heteroatoms. The Balaban J connectivity index is 1.69. The maximum Gasteiger partial charge on any atom is 0.281 e. The molecule has 0 saturated heterocycles. The van der Waals surface area contributed by atoms with Gasteiger partial charge in [0.1, 0.15) is 22.8 Å². The highest BCUT2D eigenvalue weighted by Crippen LogP contribution is 2.49. The average molecular weight is 788 g/mol. The van der Waals surface area contributed by atoms with E-state index in [2.05, 4.69) is 73.7 Å². The van der Waals surface area contributed by atoms with Crippen molar-refractivity contribution < 1.29 is 19.2 Å². The number of halogens is 4. The Morgan fingerprint density at radius 2 is 1.00 bits per heavy atom. The van der Waals surface area contributed by atoms with E-state index in [0.717, 1.165) is 9.80 Å². The summed E-state index contributed by atoms with van der Waals surface area (Å²) < 4.78 is 2.02. The summed E-state index contributed by atoms with van der Waals surface area (Å²) in [6.45, 7) is 0. The van der Waals surface area contributed by atoms with Crippen molar-refractivity contribution in [2.75, 3.05) is 9.80 Å². The van der Waals surface area contributed by atoms with E-state index in [1.165, 1.54) is 24.5 Å². The molecule has 2 aliphatic heterocycles. The Hall–Kier alpha value is -3.32. The molecule has 4 heterocycles. The van der Waals surface area contributed by atoms with Crippen LogP contribution in [0.3, 0.4) is 0 Å². The summed E-state index contributed by atoms with van der Waals surface area (Å²) in [5, 5.41) is 0. The Morgan fingerprint density at radius 1 is 0.600 bits per heavy atom. The quantitative estimate of drug-likeness (QED) is 0.201. The van der Waals surface area contributed by atoms with Crippen LogP contribution < -0.4 is 9.80 Å². The first-order valence-electron chi connectivity index (χ1n) is 11.5. The van der Waals surface area contributed by atoms with Crippen LogP contribution in [0, 0.1) is 0 Å². The highest BCUT2D eigenvalue weighted by molar-refractivity contribution is 9.11. The van der Waals surface area contributed by atoms with Crippen LogP contribution in [-0.2, 0) is 0 Å². The minimum absolute atomic E-state index is 0.0468. The van der Waals surface area contributed by atoms with E-state index in [-0.39, 0.29) is 45.3 Å².